The molecule has 0 aliphatic carbocycles. The number of hydrogen-bond donors (Lipinski definition) is 1. The third-order valence-electron chi connectivity index (χ3n) is 3.51. The van der Waals surface area contributed by atoms with Gasteiger partial charge >= 0.3 is 0 Å². The van der Waals surface area contributed by atoms with Gasteiger partial charge in [-0.15, -0.1) is 0 Å². The molecule has 1 aromatic carbocycles. The van der Waals surface area contributed by atoms with Crippen LogP contribution in [0.3, 0.4) is 0 Å². The van der Waals surface area contributed by atoms with Gasteiger partial charge in [-0.05, 0) is 52.1 Å². The Morgan fingerprint density at radius 2 is 1.80 bits per heavy atom. The number of nitrogens with zero attached hydrogens (tertiary/aromatic N) is 1. The molecule has 0 amide bonds. The molecule has 1 N–H and O–H groups in total. The summed E-state index contributed by atoms with van der Waals surface area (Å²) in [6, 6.07) is 9.37. The second-order valence-corrected chi connectivity index (χ2v) is 7.50. The molecule has 0 bridgehead atoms. The molecule has 0 aliphatic rings. The van der Waals surface area contributed by atoms with Gasteiger partial charge in [0.15, 0.2) is 0 Å². The Kier molecular flexibility index (Phi) is 7.07. The van der Waals surface area contributed by atoms with Crippen LogP contribution in [0.1, 0.15) is 38.8 Å². The van der Waals surface area contributed by atoms with Gasteiger partial charge in [0.05, 0.1) is 0 Å². The fourth-order valence-electron chi connectivity index (χ4n) is 2.04. The summed E-state index contributed by atoms with van der Waals surface area (Å²) in [5.74, 6) is 1.18. The van der Waals surface area contributed by atoms with Crippen LogP contribution in [-0.4, -0.2) is 35.5 Å². The Labute approximate surface area is 129 Å². The molecule has 0 aliphatic heterocycles. The van der Waals surface area contributed by atoms with Crippen molar-refractivity contribution in [2.45, 2.75) is 52.4 Å². The third-order valence-corrected chi connectivity index (χ3v) is 4.32. The molecule has 0 fully saturated rings. The first-order valence-corrected chi connectivity index (χ1v) is 8.74. The highest BCUT2D eigenvalue weighted by molar-refractivity contribution is 7.98. The van der Waals surface area contributed by atoms with Gasteiger partial charge in [-0.3, -0.25) is 4.90 Å². The van der Waals surface area contributed by atoms with Crippen molar-refractivity contribution in [3.05, 3.63) is 35.4 Å². The van der Waals surface area contributed by atoms with Gasteiger partial charge < -0.3 is 5.32 Å². The van der Waals surface area contributed by atoms with E-state index in [1.54, 1.807) is 0 Å². The molecule has 0 spiro atoms. The number of benzene rings is 1. The summed E-state index contributed by atoms with van der Waals surface area (Å²) >= 11 is 1.91. The first-order valence-electron chi connectivity index (χ1n) is 7.34. The Morgan fingerprint density at radius 3 is 2.35 bits per heavy atom. The van der Waals surface area contributed by atoms with Gasteiger partial charge in [0.25, 0.3) is 0 Å². The van der Waals surface area contributed by atoms with Crippen molar-refractivity contribution in [3.63, 3.8) is 0 Å². The second-order valence-electron chi connectivity index (χ2n) is 6.59. The molecule has 0 aromatic heterocycles. The lowest BCUT2D eigenvalue weighted by Gasteiger charge is -2.26. The van der Waals surface area contributed by atoms with Gasteiger partial charge in [-0.2, -0.15) is 11.8 Å². The summed E-state index contributed by atoms with van der Waals surface area (Å²) in [4.78, 5) is 2.44. The average molecular weight is 295 g/mol. The molecule has 0 saturated heterocycles. The van der Waals surface area contributed by atoms with E-state index < -0.39 is 0 Å². The smallest absolute Gasteiger partial charge is 0.0237 e. The minimum atomic E-state index is 0.158. The molecule has 1 unspecified atom stereocenters. The molecule has 0 radical (unpaired) electrons. The van der Waals surface area contributed by atoms with Gasteiger partial charge in [-0.1, -0.05) is 24.3 Å². The Morgan fingerprint density at radius 1 is 1.20 bits per heavy atom. The van der Waals surface area contributed by atoms with Crippen molar-refractivity contribution >= 4 is 11.8 Å². The van der Waals surface area contributed by atoms with E-state index in [0.717, 1.165) is 13.1 Å². The highest BCUT2D eigenvalue weighted by Gasteiger charge is 2.13. The highest BCUT2D eigenvalue weighted by atomic mass is 32.2. The van der Waals surface area contributed by atoms with Crippen LogP contribution in [0, 0.1) is 0 Å². The fraction of sp³-hybridized carbons (Fsp3) is 0.647. The largest absolute Gasteiger partial charge is 0.308 e. The SMILES string of the molecule is CSCC(C)N(C)Cc1ccccc1CNC(C)(C)C. The quantitative estimate of drug-likeness (QED) is 0.824. The van der Waals surface area contributed by atoms with Crippen LogP contribution < -0.4 is 5.32 Å². The van der Waals surface area contributed by atoms with E-state index in [9.17, 15) is 0 Å². The van der Waals surface area contributed by atoms with Gasteiger partial charge in [0.1, 0.15) is 0 Å². The molecule has 0 saturated carbocycles. The maximum atomic E-state index is 3.58. The fourth-order valence-corrected chi connectivity index (χ4v) is 2.77. The molecule has 1 rings (SSSR count). The summed E-state index contributed by atoms with van der Waals surface area (Å²) in [7, 11) is 2.22. The molecule has 1 aromatic rings. The van der Waals surface area contributed by atoms with Gasteiger partial charge in [0, 0.05) is 30.4 Å². The summed E-state index contributed by atoms with van der Waals surface area (Å²) in [5.41, 5.74) is 3.00. The zero-order valence-corrected chi connectivity index (χ0v) is 14.7. The van der Waals surface area contributed by atoms with Gasteiger partial charge in [0.2, 0.25) is 0 Å². The summed E-state index contributed by atoms with van der Waals surface area (Å²) in [6.45, 7) is 10.9. The average Bonchev–Trinajstić information content (AvgIpc) is 2.37. The van der Waals surface area contributed by atoms with Crippen LogP contribution in [0.4, 0.5) is 0 Å². The van der Waals surface area contributed by atoms with E-state index in [1.807, 2.05) is 11.8 Å². The first kappa shape index (κ1) is 17.5. The van der Waals surface area contributed by atoms with Crippen LogP contribution >= 0.6 is 11.8 Å². The van der Waals surface area contributed by atoms with E-state index in [0.29, 0.717) is 6.04 Å². The summed E-state index contributed by atoms with van der Waals surface area (Å²) in [5, 5.41) is 3.58. The van der Waals surface area contributed by atoms with E-state index in [-0.39, 0.29) is 5.54 Å². The van der Waals surface area contributed by atoms with Crippen molar-refractivity contribution in [2.24, 2.45) is 0 Å². The summed E-state index contributed by atoms with van der Waals surface area (Å²) in [6.07, 6.45) is 2.17. The molecular weight excluding hydrogens is 264 g/mol. The van der Waals surface area contributed by atoms with E-state index in [1.165, 1.54) is 16.9 Å². The summed E-state index contributed by atoms with van der Waals surface area (Å²) < 4.78 is 0. The zero-order chi connectivity index (χ0) is 15.2. The van der Waals surface area contributed by atoms with Crippen molar-refractivity contribution in [3.8, 4) is 0 Å². The topological polar surface area (TPSA) is 15.3 Å². The van der Waals surface area contributed by atoms with Crippen LogP contribution in [0.5, 0.6) is 0 Å². The lowest BCUT2D eigenvalue weighted by atomic mass is 10.0. The number of hydrogen-bond acceptors (Lipinski definition) is 3. The highest BCUT2D eigenvalue weighted by Crippen LogP contribution is 2.15. The maximum Gasteiger partial charge on any atom is 0.0237 e. The van der Waals surface area contributed by atoms with E-state index in [4.69, 9.17) is 0 Å². The molecular formula is C17H30N2S. The lowest BCUT2D eigenvalue weighted by molar-refractivity contribution is 0.268. The van der Waals surface area contributed by atoms with Crippen LogP contribution in [0.25, 0.3) is 0 Å². The predicted molar refractivity (Wildman–Crippen MR) is 92.3 cm³/mol. The zero-order valence-electron chi connectivity index (χ0n) is 13.9. The van der Waals surface area contributed by atoms with E-state index in [2.05, 4.69) is 75.5 Å². The number of thioether (sulfide) groups is 1. The molecule has 20 heavy (non-hydrogen) atoms. The van der Waals surface area contributed by atoms with Crippen LogP contribution in [0.15, 0.2) is 24.3 Å². The minimum absolute atomic E-state index is 0.158. The predicted octanol–water partition coefficient (Wildman–Crippen LogP) is 3.76. The van der Waals surface area contributed by atoms with Crippen molar-refractivity contribution in [1.29, 1.82) is 0 Å². The standard InChI is InChI=1S/C17H30N2S/c1-14(13-20-6)19(5)12-16-10-8-7-9-15(16)11-18-17(2,3)4/h7-10,14,18H,11-13H2,1-6H3. The Balaban J connectivity index is 2.70. The Bertz CT molecular complexity index is 398. The number of nitrogens with one attached hydrogen (secondary N) is 1. The molecule has 2 nitrogen and oxygen atoms in total. The second kappa shape index (κ2) is 8.06. The van der Waals surface area contributed by atoms with Gasteiger partial charge in [-0.25, -0.2) is 0 Å². The third kappa shape index (κ3) is 6.29. The molecule has 1 atom stereocenters. The molecule has 3 heteroatoms. The molecule has 0 heterocycles. The van der Waals surface area contributed by atoms with Crippen molar-refractivity contribution in [1.82, 2.24) is 10.2 Å². The van der Waals surface area contributed by atoms with Crippen molar-refractivity contribution in [2.75, 3.05) is 19.1 Å². The van der Waals surface area contributed by atoms with Crippen LogP contribution in [0.2, 0.25) is 0 Å². The lowest BCUT2D eigenvalue weighted by Crippen LogP contribution is -2.36. The first-order chi connectivity index (χ1) is 9.33. The molecule has 114 valence electrons. The van der Waals surface area contributed by atoms with E-state index >= 15 is 0 Å². The minimum Gasteiger partial charge on any atom is -0.308 e. The maximum absolute atomic E-state index is 3.58. The Hall–Kier alpha value is -0.510. The number of rotatable bonds is 7. The van der Waals surface area contributed by atoms with Crippen LogP contribution in [-0.2, 0) is 13.1 Å². The normalized spacial score (nSPS) is 13.8. The van der Waals surface area contributed by atoms with Crippen molar-refractivity contribution < 1.29 is 0 Å². The monoisotopic (exact) mass is 294 g/mol.